The molecule has 0 aliphatic carbocycles. The molecule has 3 nitrogen and oxygen atoms in total. The van der Waals surface area contributed by atoms with Crippen LogP contribution in [-0.4, -0.2) is 11.0 Å². The molecule has 0 radical (unpaired) electrons. The molecule has 1 aliphatic rings. The Morgan fingerprint density at radius 1 is 0.955 bits per heavy atom. The third kappa shape index (κ3) is 2.99. The molecular formula is C16H10Cl2N2OS. The summed E-state index contributed by atoms with van der Waals surface area (Å²) in [6, 6.07) is 14.1. The van der Waals surface area contributed by atoms with Gasteiger partial charge >= 0.3 is 0 Å². The molecule has 1 fully saturated rings. The highest BCUT2D eigenvalue weighted by atomic mass is 35.5. The molecule has 2 aromatic carbocycles. The molecule has 0 aromatic heterocycles. The first-order valence-electron chi connectivity index (χ1n) is 6.43. The summed E-state index contributed by atoms with van der Waals surface area (Å²) in [4.78, 5) is 14.0. The number of carbonyl (C=O) groups is 1. The first-order chi connectivity index (χ1) is 10.5. The van der Waals surface area contributed by atoms with Crippen molar-refractivity contribution in [3.63, 3.8) is 0 Å². The Hall–Kier alpha value is -1.88. The Morgan fingerprint density at radius 2 is 1.50 bits per heavy atom. The lowest BCUT2D eigenvalue weighted by molar-refractivity contribution is -0.113. The van der Waals surface area contributed by atoms with Crippen molar-refractivity contribution in [1.82, 2.24) is 5.32 Å². The first kappa shape index (κ1) is 15.0. The van der Waals surface area contributed by atoms with Gasteiger partial charge in [-0.1, -0.05) is 35.3 Å². The van der Waals surface area contributed by atoms with E-state index in [0.717, 1.165) is 5.56 Å². The fourth-order valence-electron chi connectivity index (χ4n) is 2.09. The third-order valence-electron chi connectivity index (χ3n) is 3.14. The van der Waals surface area contributed by atoms with E-state index in [2.05, 4.69) is 5.32 Å². The van der Waals surface area contributed by atoms with Crippen molar-refractivity contribution in [2.24, 2.45) is 0 Å². The second-order valence-corrected chi connectivity index (χ2v) is 5.92. The summed E-state index contributed by atoms with van der Waals surface area (Å²) in [5.41, 5.74) is 1.95. The second-order valence-electron chi connectivity index (χ2n) is 4.66. The second kappa shape index (κ2) is 6.08. The van der Waals surface area contributed by atoms with Crippen LogP contribution in [0.3, 0.4) is 0 Å². The van der Waals surface area contributed by atoms with Gasteiger partial charge in [0.25, 0.3) is 5.91 Å². The topological polar surface area (TPSA) is 32.3 Å². The van der Waals surface area contributed by atoms with Crippen molar-refractivity contribution in [2.75, 3.05) is 4.90 Å². The number of hydrogen-bond acceptors (Lipinski definition) is 2. The maximum atomic E-state index is 12.5. The van der Waals surface area contributed by atoms with E-state index < -0.39 is 0 Å². The maximum Gasteiger partial charge on any atom is 0.281 e. The molecule has 6 heteroatoms. The molecule has 1 N–H and O–H groups in total. The summed E-state index contributed by atoms with van der Waals surface area (Å²) in [5, 5.41) is 4.52. The zero-order valence-corrected chi connectivity index (χ0v) is 13.5. The standard InChI is InChI=1S/C16H10Cl2N2OS/c17-11-3-1-10(2-4-11)9-14-15(21)20(16(22)19-14)13-7-5-12(18)6-8-13/h1-9H,(H,19,22). The zero-order chi connectivity index (χ0) is 15.7. The Bertz CT molecular complexity index is 770. The van der Waals surface area contributed by atoms with E-state index in [0.29, 0.717) is 26.5 Å². The first-order valence-corrected chi connectivity index (χ1v) is 7.59. The van der Waals surface area contributed by atoms with Crippen LogP contribution >= 0.6 is 35.4 Å². The van der Waals surface area contributed by atoms with E-state index in [1.54, 1.807) is 42.5 Å². The number of hydrogen-bond donors (Lipinski definition) is 1. The molecule has 0 saturated carbocycles. The minimum Gasteiger partial charge on any atom is -0.327 e. The van der Waals surface area contributed by atoms with Crippen LogP contribution in [0.5, 0.6) is 0 Å². The van der Waals surface area contributed by atoms with Crippen LogP contribution in [0.25, 0.3) is 6.08 Å². The van der Waals surface area contributed by atoms with Crippen LogP contribution in [0.4, 0.5) is 5.69 Å². The largest absolute Gasteiger partial charge is 0.327 e. The molecule has 0 bridgehead atoms. The highest BCUT2D eigenvalue weighted by Gasteiger charge is 2.31. The Labute approximate surface area is 143 Å². The lowest BCUT2D eigenvalue weighted by Crippen LogP contribution is -2.30. The van der Waals surface area contributed by atoms with E-state index in [9.17, 15) is 4.79 Å². The van der Waals surface area contributed by atoms with Crippen molar-refractivity contribution >= 4 is 58.2 Å². The number of halogens is 2. The number of amides is 1. The Kier molecular flexibility index (Phi) is 4.16. The minimum atomic E-state index is -0.206. The van der Waals surface area contributed by atoms with E-state index in [4.69, 9.17) is 35.4 Å². The van der Waals surface area contributed by atoms with Crippen LogP contribution in [0, 0.1) is 0 Å². The summed E-state index contributed by atoms with van der Waals surface area (Å²) in [6.07, 6.45) is 1.74. The predicted octanol–water partition coefficient (Wildman–Crippen LogP) is 4.26. The van der Waals surface area contributed by atoms with Crippen LogP contribution in [0.1, 0.15) is 5.56 Å². The molecule has 1 saturated heterocycles. The summed E-state index contributed by atoms with van der Waals surface area (Å²) >= 11 is 17.0. The summed E-state index contributed by atoms with van der Waals surface area (Å²) in [5.74, 6) is -0.206. The Morgan fingerprint density at radius 3 is 2.09 bits per heavy atom. The predicted molar refractivity (Wildman–Crippen MR) is 94.1 cm³/mol. The number of carbonyl (C=O) groups excluding carboxylic acids is 1. The number of anilines is 1. The number of nitrogens with one attached hydrogen (secondary N) is 1. The van der Waals surface area contributed by atoms with Gasteiger partial charge in [-0.2, -0.15) is 0 Å². The molecule has 1 amide bonds. The van der Waals surface area contributed by atoms with Gasteiger partial charge in [0, 0.05) is 10.0 Å². The number of benzene rings is 2. The highest BCUT2D eigenvalue weighted by Crippen LogP contribution is 2.24. The lowest BCUT2D eigenvalue weighted by Gasteiger charge is -2.13. The summed E-state index contributed by atoms with van der Waals surface area (Å²) in [7, 11) is 0. The zero-order valence-electron chi connectivity index (χ0n) is 11.2. The number of nitrogens with zero attached hydrogens (tertiary/aromatic N) is 1. The summed E-state index contributed by atoms with van der Waals surface area (Å²) < 4.78 is 0. The van der Waals surface area contributed by atoms with Crippen molar-refractivity contribution < 1.29 is 4.79 Å². The van der Waals surface area contributed by atoms with Gasteiger partial charge in [-0.15, -0.1) is 0 Å². The molecule has 0 unspecified atom stereocenters. The average Bonchev–Trinajstić information content (AvgIpc) is 2.77. The minimum absolute atomic E-state index is 0.206. The number of thiocarbonyl (C=S) groups is 1. The van der Waals surface area contributed by atoms with Gasteiger partial charge in [-0.3, -0.25) is 9.69 Å². The normalized spacial score (nSPS) is 16.3. The van der Waals surface area contributed by atoms with Gasteiger partial charge in [0.2, 0.25) is 0 Å². The van der Waals surface area contributed by atoms with Crippen molar-refractivity contribution in [1.29, 1.82) is 0 Å². The summed E-state index contributed by atoms with van der Waals surface area (Å²) in [6.45, 7) is 0. The van der Waals surface area contributed by atoms with E-state index in [1.807, 2.05) is 12.1 Å². The van der Waals surface area contributed by atoms with Crippen molar-refractivity contribution in [3.8, 4) is 0 Å². The average molecular weight is 349 g/mol. The molecule has 0 spiro atoms. The van der Waals surface area contributed by atoms with E-state index in [-0.39, 0.29) is 5.91 Å². The maximum absolute atomic E-state index is 12.5. The van der Waals surface area contributed by atoms with Gasteiger partial charge in [-0.25, -0.2) is 0 Å². The van der Waals surface area contributed by atoms with Gasteiger partial charge in [0.05, 0.1) is 5.69 Å². The van der Waals surface area contributed by atoms with Crippen LogP contribution in [-0.2, 0) is 4.79 Å². The molecule has 0 atom stereocenters. The molecule has 1 heterocycles. The fraction of sp³-hybridized carbons (Fsp3) is 0. The molecular weight excluding hydrogens is 339 g/mol. The molecule has 2 aromatic rings. The Balaban J connectivity index is 1.91. The molecule has 1 aliphatic heterocycles. The van der Waals surface area contributed by atoms with Crippen molar-refractivity contribution in [3.05, 3.63) is 69.8 Å². The number of rotatable bonds is 2. The molecule has 110 valence electrons. The van der Waals surface area contributed by atoms with Gasteiger partial charge in [0.15, 0.2) is 5.11 Å². The van der Waals surface area contributed by atoms with Crippen LogP contribution in [0.2, 0.25) is 10.0 Å². The monoisotopic (exact) mass is 348 g/mol. The SMILES string of the molecule is O=C1C(=Cc2ccc(Cl)cc2)NC(=S)N1c1ccc(Cl)cc1. The smallest absolute Gasteiger partial charge is 0.281 e. The van der Waals surface area contributed by atoms with Gasteiger partial charge < -0.3 is 5.32 Å². The molecule has 22 heavy (non-hydrogen) atoms. The third-order valence-corrected chi connectivity index (χ3v) is 3.93. The quantitative estimate of drug-likeness (QED) is 0.650. The van der Waals surface area contributed by atoms with Gasteiger partial charge in [0.1, 0.15) is 5.70 Å². The lowest BCUT2D eigenvalue weighted by atomic mass is 10.2. The van der Waals surface area contributed by atoms with Crippen molar-refractivity contribution in [2.45, 2.75) is 0 Å². The fourth-order valence-corrected chi connectivity index (χ4v) is 2.64. The van der Waals surface area contributed by atoms with E-state index in [1.165, 1.54) is 4.90 Å². The van der Waals surface area contributed by atoms with E-state index >= 15 is 0 Å². The highest BCUT2D eigenvalue weighted by molar-refractivity contribution is 7.80. The molecule has 3 rings (SSSR count). The van der Waals surface area contributed by atoms with Crippen LogP contribution in [0.15, 0.2) is 54.2 Å². The van der Waals surface area contributed by atoms with Gasteiger partial charge in [-0.05, 0) is 60.3 Å². The van der Waals surface area contributed by atoms with Crippen LogP contribution < -0.4 is 10.2 Å².